The van der Waals surface area contributed by atoms with Gasteiger partial charge in [-0.1, -0.05) is 18.2 Å². The zero-order valence-electron chi connectivity index (χ0n) is 23.2. The van der Waals surface area contributed by atoms with Crippen molar-refractivity contribution in [2.24, 2.45) is 0 Å². The summed E-state index contributed by atoms with van der Waals surface area (Å²) in [6.07, 6.45) is -0.106. The molecular weight excluding hydrogens is 594 g/mol. The average molecular weight is 620 g/mol. The van der Waals surface area contributed by atoms with Crippen LogP contribution in [0.3, 0.4) is 0 Å². The Labute approximate surface area is 253 Å². The van der Waals surface area contributed by atoms with E-state index in [9.17, 15) is 34.2 Å². The Balaban J connectivity index is 1.60. The number of aliphatic carboxylic acids is 1. The first kappa shape index (κ1) is 31.1. The maximum absolute atomic E-state index is 12.8. The first-order valence-corrected chi connectivity index (χ1v) is 13.3. The maximum atomic E-state index is 12.8. The molecule has 14 nitrogen and oxygen atoms in total. The summed E-state index contributed by atoms with van der Waals surface area (Å²) in [5, 5.41) is 22.8. The molecule has 1 amide bonds. The normalized spacial score (nSPS) is 11.8. The molecule has 2 aromatic carbocycles. The van der Waals surface area contributed by atoms with Crippen LogP contribution in [0.15, 0.2) is 76.1 Å². The lowest BCUT2D eigenvalue weighted by molar-refractivity contribution is -0.136. The van der Waals surface area contributed by atoms with Crippen molar-refractivity contribution in [2.75, 3.05) is 0 Å². The third kappa shape index (κ3) is 7.51. The number of rotatable bonds is 10. The number of para-hydroxylation sites is 1. The van der Waals surface area contributed by atoms with E-state index in [4.69, 9.17) is 21.7 Å². The minimum Gasteiger partial charge on any atom is -0.494 e. The average Bonchev–Trinajstić information content (AvgIpc) is 2.97. The number of carboxylic acids is 1. The summed E-state index contributed by atoms with van der Waals surface area (Å²) in [5.41, 5.74) is -1.95. The van der Waals surface area contributed by atoms with E-state index in [0.29, 0.717) is 22.7 Å². The molecule has 1 atom stereocenters. The van der Waals surface area contributed by atoms with Crippen LogP contribution >= 0.6 is 12.2 Å². The molecular formula is C29H25N5O9S. The Morgan fingerprint density at radius 2 is 1.73 bits per heavy atom. The number of esters is 1. The van der Waals surface area contributed by atoms with Crippen molar-refractivity contribution in [1.82, 2.24) is 24.8 Å². The maximum Gasteiger partial charge on any atom is 0.356 e. The number of nitrogens with zero attached hydrogens (tertiary/aromatic N) is 2. The monoisotopic (exact) mass is 619 g/mol. The van der Waals surface area contributed by atoms with Gasteiger partial charge >= 0.3 is 17.6 Å². The first-order valence-electron chi connectivity index (χ1n) is 12.8. The van der Waals surface area contributed by atoms with E-state index in [0.717, 1.165) is 16.8 Å². The fraction of sp³-hybridized carbons (Fsp3) is 0.138. The lowest BCUT2D eigenvalue weighted by Gasteiger charge is -2.16. The van der Waals surface area contributed by atoms with Gasteiger partial charge in [0.25, 0.3) is 11.5 Å². The SMILES string of the molecule is Cc1cnc(=O)[nH]c1C(=O)OC(C)C(=O)NC(=Cc1c(O)n(-c2ccc(Oc3ccccc3)cc2)c(=S)[nH]c1=O)CC(=O)O. The standard InChI is InChI=1S/C29H25N5O9S/c1-15-14-30-28(41)32-23(15)27(40)42-16(2)24(37)31-17(13-22(35)36)12-21-25(38)33-29(44)34(26(21)39)18-8-10-20(11-9-18)43-19-6-4-3-5-7-19/h3-12,14,16,39H,13H2,1-2H3,(H,31,37)(H,35,36)(H,30,32,41)(H,33,38,44). The van der Waals surface area contributed by atoms with Crippen molar-refractivity contribution in [1.29, 1.82) is 0 Å². The van der Waals surface area contributed by atoms with Crippen molar-refractivity contribution in [2.45, 2.75) is 26.4 Å². The minimum absolute atomic E-state index is 0.157. The number of nitrogens with one attached hydrogen (secondary N) is 3. The molecule has 15 heteroatoms. The number of aromatic amines is 2. The zero-order valence-corrected chi connectivity index (χ0v) is 24.0. The van der Waals surface area contributed by atoms with E-state index in [-0.39, 0.29) is 16.2 Å². The molecule has 4 rings (SSSR count). The Morgan fingerprint density at radius 3 is 2.39 bits per heavy atom. The number of amides is 1. The van der Waals surface area contributed by atoms with Crippen LogP contribution in [0.2, 0.25) is 0 Å². The number of carbonyl (C=O) groups excluding carboxylic acids is 2. The number of ether oxygens (including phenoxy) is 2. The predicted octanol–water partition coefficient (Wildman–Crippen LogP) is 2.96. The summed E-state index contributed by atoms with van der Waals surface area (Å²) in [4.78, 5) is 69.3. The van der Waals surface area contributed by atoms with Crippen LogP contribution in [0.25, 0.3) is 11.8 Å². The van der Waals surface area contributed by atoms with Crippen LogP contribution < -0.4 is 21.3 Å². The number of hydrogen-bond donors (Lipinski definition) is 5. The highest BCUT2D eigenvalue weighted by atomic mass is 32.1. The third-order valence-electron chi connectivity index (χ3n) is 6.00. The number of hydrogen-bond acceptors (Lipinski definition) is 10. The summed E-state index contributed by atoms with van der Waals surface area (Å²) in [6, 6.07) is 15.4. The fourth-order valence-electron chi connectivity index (χ4n) is 3.87. The number of benzene rings is 2. The molecule has 0 aliphatic heterocycles. The van der Waals surface area contributed by atoms with Crippen LogP contribution in [0.5, 0.6) is 17.4 Å². The van der Waals surface area contributed by atoms with Gasteiger partial charge in [-0.15, -0.1) is 0 Å². The summed E-state index contributed by atoms with van der Waals surface area (Å²) in [6.45, 7) is 2.71. The number of aryl methyl sites for hydroxylation is 1. The highest BCUT2D eigenvalue weighted by Crippen LogP contribution is 2.26. The van der Waals surface area contributed by atoms with Gasteiger partial charge in [0.15, 0.2) is 10.9 Å². The van der Waals surface area contributed by atoms with Crippen LogP contribution in [0, 0.1) is 11.7 Å². The second-order valence-electron chi connectivity index (χ2n) is 9.26. The fourth-order valence-corrected chi connectivity index (χ4v) is 4.15. The smallest absolute Gasteiger partial charge is 0.356 e. The van der Waals surface area contributed by atoms with Crippen molar-refractivity contribution in [3.63, 3.8) is 0 Å². The van der Waals surface area contributed by atoms with E-state index in [1.807, 2.05) is 18.2 Å². The molecule has 0 saturated carbocycles. The molecule has 0 aliphatic carbocycles. The van der Waals surface area contributed by atoms with Gasteiger partial charge in [-0.25, -0.2) is 14.6 Å². The molecule has 226 valence electrons. The second kappa shape index (κ2) is 13.4. The molecule has 4 aromatic rings. The van der Waals surface area contributed by atoms with E-state index >= 15 is 0 Å². The Morgan fingerprint density at radius 1 is 1.07 bits per heavy atom. The van der Waals surface area contributed by atoms with Crippen molar-refractivity contribution < 1.29 is 34.1 Å². The molecule has 0 bridgehead atoms. The van der Waals surface area contributed by atoms with Crippen LogP contribution in [-0.2, 0) is 14.3 Å². The van der Waals surface area contributed by atoms with Gasteiger partial charge in [-0.3, -0.25) is 28.9 Å². The van der Waals surface area contributed by atoms with Crippen LogP contribution in [0.1, 0.15) is 35.0 Å². The first-order chi connectivity index (χ1) is 20.9. The second-order valence-corrected chi connectivity index (χ2v) is 9.65. The summed E-state index contributed by atoms with van der Waals surface area (Å²) < 4.78 is 11.9. The molecule has 5 N–H and O–H groups in total. The van der Waals surface area contributed by atoms with Gasteiger partial charge in [-0.05, 0) is 74.1 Å². The van der Waals surface area contributed by atoms with Gasteiger partial charge < -0.3 is 25.0 Å². The summed E-state index contributed by atoms with van der Waals surface area (Å²) in [5.74, 6) is -2.88. The van der Waals surface area contributed by atoms with Crippen molar-refractivity contribution in [3.8, 4) is 23.1 Å². The van der Waals surface area contributed by atoms with Gasteiger partial charge in [0, 0.05) is 11.9 Å². The van der Waals surface area contributed by atoms with Gasteiger partial charge in [0.1, 0.15) is 22.8 Å². The Bertz CT molecular complexity index is 1930. The molecule has 0 saturated heterocycles. The van der Waals surface area contributed by atoms with Crippen LogP contribution in [-0.4, -0.2) is 53.7 Å². The highest BCUT2D eigenvalue weighted by molar-refractivity contribution is 7.71. The largest absolute Gasteiger partial charge is 0.494 e. The quantitative estimate of drug-likeness (QED) is 0.129. The van der Waals surface area contributed by atoms with Gasteiger partial charge in [-0.2, -0.15) is 0 Å². The number of carboxylic acid groups (broad SMARTS) is 1. The number of aromatic hydroxyl groups is 1. The molecule has 0 fully saturated rings. The predicted molar refractivity (Wildman–Crippen MR) is 158 cm³/mol. The molecule has 2 heterocycles. The molecule has 1 unspecified atom stereocenters. The molecule has 0 radical (unpaired) electrons. The molecule has 0 aliphatic rings. The Hall–Kier alpha value is -5.83. The summed E-state index contributed by atoms with van der Waals surface area (Å²) >= 11 is 5.25. The van der Waals surface area contributed by atoms with E-state index in [1.54, 1.807) is 36.4 Å². The van der Waals surface area contributed by atoms with Gasteiger partial charge in [0.2, 0.25) is 5.88 Å². The van der Waals surface area contributed by atoms with E-state index < -0.39 is 53.1 Å². The number of carbonyl (C=O) groups is 3. The summed E-state index contributed by atoms with van der Waals surface area (Å²) in [7, 11) is 0. The third-order valence-corrected chi connectivity index (χ3v) is 6.28. The zero-order chi connectivity index (χ0) is 32.0. The topological polar surface area (TPSA) is 206 Å². The van der Waals surface area contributed by atoms with Gasteiger partial charge in [0.05, 0.1) is 12.1 Å². The van der Waals surface area contributed by atoms with Crippen LogP contribution in [0.4, 0.5) is 0 Å². The van der Waals surface area contributed by atoms with E-state index in [2.05, 4.69) is 20.3 Å². The molecule has 44 heavy (non-hydrogen) atoms. The Kier molecular flexibility index (Phi) is 9.50. The highest BCUT2D eigenvalue weighted by Gasteiger charge is 2.23. The minimum atomic E-state index is -1.46. The number of aromatic nitrogens is 4. The lowest BCUT2D eigenvalue weighted by Crippen LogP contribution is -2.36. The van der Waals surface area contributed by atoms with Crippen molar-refractivity contribution >= 4 is 36.1 Å². The molecule has 2 aromatic heterocycles. The van der Waals surface area contributed by atoms with E-state index in [1.165, 1.54) is 13.8 Å². The lowest BCUT2D eigenvalue weighted by atomic mass is 10.2. The molecule has 0 spiro atoms. The number of H-pyrrole nitrogens is 2. The van der Waals surface area contributed by atoms with Crippen molar-refractivity contribution in [3.05, 3.63) is 109 Å².